The number of hydrogen-bond acceptors (Lipinski definition) is 6. The van der Waals surface area contributed by atoms with Crippen LogP contribution in [0.5, 0.6) is 0 Å². The van der Waals surface area contributed by atoms with E-state index in [1.807, 2.05) is 78.6 Å². The van der Waals surface area contributed by atoms with Crippen LogP contribution in [0, 0.1) is 6.92 Å². The van der Waals surface area contributed by atoms with Gasteiger partial charge < -0.3 is 9.80 Å². The Morgan fingerprint density at radius 3 is 2.19 bits per heavy atom. The third-order valence-corrected chi connectivity index (χ3v) is 6.60. The first-order chi connectivity index (χ1) is 17.7. The van der Waals surface area contributed by atoms with Crippen LogP contribution in [0.25, 0.3) is 28.0 Å². The molecule has 0 unspecified atom stereocenters. The second-order valence-corrected chi connectivity index (χ2v) is 8.93. The maximum absolute atomic E-state index is 13.1. The van der Waals surface area contributed by atoms with E-state index in [9.17, 15) is 4.79 Å². The highest BCUT2D eigenvalue weighted by Crippen LogP contribution is 2.25. The Balaban J connectivity index is 1.16. The summed E-state index contributed by atoms with van der Waals surface area (Å²) in [5.74, 6) is 0.796. The molecular weight excluding hydrogens is 450 g/mol. The lowest BCUT2D eigenvalue weighted by atomic mass is 10.0. The van der Waals surface area contributed by atoms with Crippen molar-refractivity contribution in [2.75, 3.05) is 31.1 Å². The Hall–Kier alpha value is -4.59. The van der Waals surface area contributed by atoms with Gasteiger partial charge in [-0.2, -0.15) is 4.68 Å². The van der Waals surface area contributed by atoms with Crippen LogP contribution in [0.1, 0.15) is 15.9 Å². The number of anilines is 1. The number of piperazine rings is 1. The fourth-order valence-electron chi connectivity index (χ4n) is 4.57. The van der Waals surface area contributed by atoms with Gasteiger partial charge in [-0.25, -0.2) is 9.97 Å². The minimum absolute atomic E-state index is 0.0485. The molecule has 178 valence electrons. The van der Waals surface area contributed by atoms with Gasteiger partial charge in [-0.3, -0.25) is 4.79 Å². The Bertz CT molecular complexity index is 1500. The van der Waals surface area contributed by atoms with Crippen LogP contribution in [-0.2, 0) is 0 Å². The van der Waals surface area contributed by atoms with Crippen molar-refractivity contribution in [3.05, 3.63) is 96.3 Å². The lowest BCUT2D eigenvalue weighted by Gasteiger charge is -2.35. The molecule has 0 N–H and O–H groups in total. The van der Waals surface area contributed by atoms with E-state index in [2.05, 4.69) is 37.3 Å². The zero-order valence-electron chi connectivity index (χ0n) is 20.0. The van der Waals surface area contributed by atoms with Gasteiger partial charge in [-0.05, 0) is 42.3 Å². The normalized spacial score (nSPS) is 13.8. The molecule has 8 heteroatoms. The molecule has 1 fully saturated rings. The topological polar surface area (TPSA) is 80.0 Å². The van der Waals surface area contributed by atoms with Crippen LogP contribution < -0.4 is 4.90 Å². The lowest BCUT2D eigenvalue weighted by Crippen LogP contribution is -2.49. The van der Waals surface area contributed by atoms with Gasteiger partial charge in [0.1, 0.15) is 6.33 Å². The number of carbonyl (C=O) groups is 1. The molecule has 0 spiro atoms. The van der Waals surface area contributed by atoms with E-state index in [1.165, 1.54) is 5.56 Å². The largest absolute Gasteiger partial charge is 0.351 e. The summed E-state index contributed by atoms with van der Waals surface area (Å²) in [5.41, 5.74) is 6.35. The number of aromatic nitrogens is 5. The molecule has 8 nitrogen and oxygen atoms in total. The Morgan fingerprint density at radius 1 is 0.778 bits per heavy atom. The summed E-state index contributed by atoms with van der Waals surface area (Å²) in [7, 11) is 0. The second kappa shape index (κ2) is 9.22. The van der Waals surface area contributed by atoms with Gasteiger partial charge in [0, 0.05) is 31.7 Å². The van der Waals surface area contributed by atoms with Crippen LogP contribution in [0.3, 0.4) is 0 Å². The van der Waals surface area contributed by atoms with E-state index in [0.717, 1.165) is 22.6 Å². The van der Waals surface area contributed by atoms with Gasteiger partial charge in [0.05, 0.1) is 5.69 Å². The number of hydrogen-bond donors (Lipinski definition) is 0. The number of benzene rings is 3. The van der Waals surface area contributed by atoms with E-state index in [0.29, 0.717) is 42.9 Å². The quantitative estimate of drug-likeness (QED) is 0.389. The Labute approximate surface area is 208 Å². The van der Waals surface area contributed by atoms with Gasteiger partial charge in [-0.1, -0.05) is 65.4 Å². The molecule has 0 aliphatic carbocycles. The number of carbonyl (C=O) groups excluding carboxylic acids is 1. The fraction of sp³-hybridized carbons (Fsp3) is 0.179. The third kappa shape index (κ3) is 4.07. The van der Waals surface area contributed by atoms with E-state index in [-0.39, 0.29) is 5.91 Å². The highest BCUT2D eigenvalue weighted by molar-refractivity contribution is 5.95. The molecule has 0 atom stereocenters. The Morgan fingerprint density at radius 2 is 1.47 bits per heavy atom. The number of aryl methyl sites for hydroxylation is 1. The first-order valence-corrected chi connectivity index (χ1v) is 12.0. The van der Waals surface area contributed by atoms with Crippen LogP contribution in [0.15, 0.2) is 85.2 Å². The molecular formula is C28H25N7O. The van der Waals surface area contributed by atoms with Crippen molar-refractivity contribution in [1.29, 1.82) is 0 Å². The highest BCUT2D eigenvalue weighted by atomic mass is 16.2. The standard InChI is InChI=1S/C28H25N7O/c1-20-7-13-24(14-8-20)35-27-25(31-32-35)26(29-19-30-27)33-15-17-34(18-16-33)28(36)23-11-9-22(10-12-23)21-5-3-2-4-6-21/h2-14,19H,15-18H2,1H3. The SMILES string of the molecule is Cc1ccc(-n2nnc3c(N4CCN(C(=O)c5ccc(-c6ccccc6)cc5)CC4)ncnc32)cc1. The van der Waals surface area contributed by atoms with Crippen molar-refractivity contribution in [3.8, 4) is 16.8 Å². The molecule has 1 aliphatic heterocycles. The Kier molecular flexibility index (Phi) is 5.61. The van der Waals surface area contributed by atoms with E-state index in [4.69, 9.17) is 0 Å². The molecule has 5 aromatic rings. The average molecular weight is 476 g/mol. The molecule has 3 aromatic carbocycles. The number of nitrogens with zero attached hydrogens (tertiary/aromatic N) is 7. The van der Waals surface area contributed by atoms with Gasteiger partial charge in [0.25, 0.3) is 5.91 Å². The summed E-state index contributed by atoms with van der Waals surface area (Å²) in [6.45, 7) is 4.59. The fourth-order valence-corrected chi connectivity index (χ4v) is 4.57. The number of amides is 1. The molecule has 1 amide bonds. The molecule has 0 saturated carbocycles. The van der Waals surface area contributed by atoms with Crippen molar-refractivity contribution in [1.82, 2.24) is 29.9 Å². The molecule has 0 bridgehead atoms. The van der Waals surface area contributed by atoms with Gasteiger partial charge in [0.2, 0.25) is 0 Å². The summed E-state index contributed by atoms with van der Waals surface area (Å²) in [4.78, 5) is 26.2. The predicted octanol–water partition coefficient (Wildman–Crippen LogP) is 4.15. The molecule has 1 saturated heterocycles. The number of rotatable bonds is 4. The molecule has 0 radical (unpaired) electrons. The van der Waals surface area contributed by atoms with Crippen molar-refractivity contribution < 1.29 is 4.79 Å². The van der Waals surface area contributed by atoms with Gasteiger partial charge in [0.15, 0.2) is 17.0 Å². The lowest BCUT2D eigenvalue weighted by molar-refractivity contribution is 0.0746. The first-order valence-electron chi connectivity index (χ1n) is 12.0. The minimum atomic E-state index is 0.0485. The van der Waals surface area contributed by atoms with Crippen molar-refractivity contribution in [3.63, 3.8) is 0 Å². The van der Waals surface area contributed by atoms with E-state index < -0.39 is 0 Å². The molecule has 2 aromatic heterocycles. The monoisotopic (exact) mass is 475 g/mol. The predicted molar refractivity (Wildman–Crippen MR) is 139 cm³/mol. The van der Waals surface area contributed by atoms with Crippen LogP contribution in [0.4, 0.5) is 5.82 Å². The molecule has 1 aliphatic rings. The van der Waals surface area contributed by atoms with Crippen LogP contribution in [-0.4, -0.2) is 61.9 Å². The van der Waals surface area contributed by atoms with Crippen molar-refractivity contribution >= 4 is 22.9 Å². The van der Waals surface area contributed by atoms with E-state index >= 15 is 0 Å². The van der Waals surface area contributed by atoms with Gasteiger partial charge in [-0.15, -0.1) is 5.10 Å². The van der Waals surface area contributed by atoms with Crippen LogP contribution in [0.2, 0.25) is 0 Å². The van der Waals surface area contributed by atoms with E-state index in [1.54, 1.807) is 11.0 Å². The summed E-state index contributed by atoms with van der Waals surface area (Å²) in [6, 6.07) is 26.1. The maximum atomic E-state index is 13.1. The smallest absolute Gasteiger partial charge is 0.253 e. The highest BCUT2D eigenvalue weighted by Gasteiger charge is 2.25. The van der Waals surface area contributed by atoms with Crippen LogP contribution >= 0.6 is 0 Å². The number of fused-ring (bicyclic) bond motifs is 1. The van der Waals surface area contributed by atoms with Crippen molar-refractivity contribution in [2.24, 2.45) is 0 Å². The summed E-state index contributed by atoms with van der Waals surface area (Å²) in [5, 5.41) is 8.73. The third-order valence-electron chi connectivity index (χ3n) is 6.60. The molecule has 36 heavy (non-hydrogen) atoms. The maximum Gasteiger partial charge on any atom is 0.253 e. The zero-order chi connectivity index (χ0) is 24.5. The van der Waals surface area contributed by atoms with Gasteiger partial charge >= 0.3 is 0 Å². The van der Waals surface area contributed by atoms with Crippen molar-refractivity contribution in [2.45, 2.75) is 6.92 Å². The summed E-state index contributed by atoms with van der Waals surface area (Å²) < 4.78 is 1.73. The molecule has 3 heterocycles. The first kappa shape index (κ1) is 21.9. The summed E-state index contributed by atoms with van der Waals surface area (Å²) in [6.07, 6.45) is 1.55. The zero-order valence-corrected chi connectivity index (χ0v) is 20.0. The minimum Gasteiger partial charge on any atom is -0.351 e. The molecule has 6 rings (SSSR count). The average Bonchev–Trinajstić information content (AvgIpc) is 3.38. The second-order valence-electron chi connectivity index (χ2n) is 8.93. The summed E-state index contributed by atoms with van der Waals surface area (Å²) >= 11 is 0.